The van der Waals surface area contributed by atoms with E-state index in [9.17, 15) is 0 Å². The molecule has 0 aromatic carbocycles. The summed E-state index contributed by atoms with van der Waals surface area (Å²) in [5.41, 5.74) is 1.14. The van der Waals surface area contributed by atoms with Gasteiger partial charge in [0.05, 0.1) is 5.69 Å². The second kappa shape index (κ2) is 6.81. The molecule has 18 heavy (non-hydrogen) atoms. The van der Waals surface area contributed by atoms with Gasteiger partial charge in [0.2, 0.25) is 0 Å². The van der Waals surface area contributed by atoms with Gasteiger partial charge in [-0.2, -0.15) is 0 Å². The number of aryl methyl sites for hydroxylation is 1. The fourth-order valence-electron chi connectivity index (χ4n) is 2.47. The van der Waals surface area contributed by atoms with Crippen molar-refractivity contribution >= 4 is 0 Å². The number of rotatable bonds is 5. The van der Waals surface area contributed by atoms with Gasteiger partial charge in [-0.1, -0.05) is 6.92 Å². The molecule has 0 radical (unpaired) electrons. The van der Waals surface area contributed by atoms with E-state index in [1.54, 1.807) is 0 Å². The first-order valence-electron chi connectivity index (χ1n) is 7.02. The summed E-state index contributed by atoms with van der Waals surface area (Å²) in [5, 5.41) is 3.61. The summed E-state index contributed by atoms with van der Waals surface area (Å²) in [6, 6.07) is 2.74. The zero-order valence-electron chi connectivity index (χ0n) is 11.5. The van der Waals surface area contributed by atoms with Crippen LogP contribution in [0.25, 0.3) is 0 Å². The number of hydrogen-bond acceptors (Lipinski definition) is 4. The van der Waals surface area contributed by atoms with Crippen LogP contribution < -0.4 is 5.32 Å². The van der Waals surface area contributed by atoms with Gasteiger partial charge in [0, 0.05) is 31.9 Å². The smallest absolute Gasteiger partial charge is 0.125 e. The SMILES string of the molecule is CCCNC1CCN(Cc2ccnc(C)n2)CC1. The van der Waals surface area contributed by atoms with Gasteiger partial charge in [0.25, 0.3) is 0 Å². The molecule has 1 aromatic rings. The Morgan fingerprint density at radius 2 is 2.17 bits per heavy atom. The van der Waals surface area contributed by atoms with Gasteiger partial charge in [-0.15, -0.1) is 0 Å². The quantitative estimate of drug-likeness (QED) is 0.862. The van der Waals surface area contributed by atoms with Gasteiger partial charge in [0.15, 0.2) is 0 Å². The lowest BCUT2D eigenvalue weighted by Gasteiger charge is -2.32. The van der Waals surface area contributed by atoms with Gasteiger partial charge in [-0.25, -0.2) is 9.97 Å². The van der Waals surface area contributed by atoms with E-state index in [-0.39, 0.29) is 0 Å². The maximum Gasteiger partial charge on any atom is 0.125 e. The van der Waals surface area contributed by atoms with Crippen molar-refractivity contribution in [2.75, 3.05) is 19.6 Å². The molecule has 2 heterocycles. The fourth-order valence-corrected chi connectivity index (χ4v) is 2.47. The Balaban J connectivity index is 1.76. The summed E-state index contributed by atoms with van der Waals surface area (Å²) in [5.74, 6) is 0.868. The molecule has 0 spiro atoms. The minimum absolute atomic E-state index is 0.716. The molecule has 0 atom stereocenters. The molecule has 0 bridgehead atoms. The fraction of sp³-hybridized carbons (Fsp3) is 0.714. The summed E-state index contributed by atoms with van der Waals surface area (Å²) in [6.45, 7) is 8.62. The van der Waals surface area contributed by atoms with Crippen molar-refractivity contribution in [2.24, 2.45) is 0 Å². The third-order valence-electron chi connectivity index (χ3n) is 3.49. The summed E-state index contributed by atoms with van der Waals surface area (Å²) >= 11 is 0. The zero-order valence-corrected chi connectivity index (χ0v) is 11.5. The molecule has 1 aromatic heterocycles. The highest BCUT2D eigenvalue weighted by Crippen LogP contribution is 2.12. The highest BCUT2D eigenvalue weighted by Gasteiger charge is 2.18. The lowest BCUT2D eigenvalue weighted by molar-refractivity contribution is 0.189. The van der Waals surface area contributed by atoms with Crippen LogP contribution in [-0.4, -0.2) is 40.5 Å². The third kappa shape index (κ3) is 4.03. The number of likely N-dealkylation sites (tertiary alicyclic amines) is 1. The van der Waals surface area contributed by atoms with Crippen LogP contribution >= 0.6 is 0 Å². The molecule has 1 aliphatic rings. The van der Waals surface area contributed by atoms with Crippen molar-refractivity contribution in [3.05, 3.63) is 23.8 Å². The Morgan fingerprint density at radius 1 is 1.39 bits per heavy atom. The summed E-state index contributed by atoms with van der Waals surface area (Å²) in [4.78, 5) is 11.1. The van der Waals surface area contributed by atoms with Crippen LogP contribution in [0, 0.1) is 6.92 Å². The monoisotopic (exact) mass is 248 g/mol. The molecular weight excluding hydrogens is 224 g/mol. The standard InChI is InChI=1S/C14H24N4/c1-3-7-16-13-5-9-18(10-6-13)11-14-4-8-15-12(2)17-14/h4,8,13,16H,3,5-7,9-11H2,1-2H3. The number of nitrogens with zero attached hydrogens (tertiary/aromatic N) is 3. The van der Waals surface area contributed by atoms with Crippen LogP contribution in [0.3, 0.4) is 0 Å². The van der Waals surface area contributed by atoms with E-state index in [2.05, 4.69) is 27.1 Å². The van der Waals surface area contributed by atoms with Crippen LogP contribution in [0.2, 0.25) is 0 Å². The average molecular weight is 248 g/mol. The first-order valence-corrected chi connectivity index (χ1v) is 7.02. The largest absolute Gasteiger partial charge is 0.314 e. The van der Waals surface area contributed by atoms with E-state index in [0.29, 0.717) is 6.04 Å². The Morgan fingerprint density at radius 3 is 2.83 bits per heavy atom. The van der Waals surface area contributed by atoms with Crippen LogP contribution in [0.15, 0.2) is 12.3 Å². The van der Waals surface area contributed by atoms with E-state index < -0.39 is 0 Å². The molecule has 100 valence electrons. The minimum Gasteiger partial charge on any atom is -0.314 e. The maximum atomic E-state index is 4.47. The Labute approximate surface area is 110 Å². The first-order chi connectivity index (χ1) is 8.78. The summed E-state index contributed by atoms with van der Waals surface area (Å²) < 4.78 is 0. The Bertz CT molecular complexity index is 359. The average Bonchev–Trinajstić information content (AvgIpc) is 2.38. The normalized spacial score (nSPS) is 18.1. The molecule has 1 saturated heterocycles. The lowest BCUT2D eigenvalue weighted by Crippen LogP contribution is -2.42. The lowest BCUT2D eigenvalue weighted by atomic mass is 10.0. The highest BCUT2D eigenvalue weighted by atomic mass is 15.1. The molecule has 4 heteroatoms. The van der Waals surface area contributed by atoms with Gasteiger partial charge in [-0.05, 0) is 38.8 Å². The van der Waals surface area contributed by atoms with Crippen LogP contribution in [0.5, 0.6) is 0 Å². The summed E-state index contributed by atoms with van der Waals surface area (Å²) in [6.07, 6.45) is 5.59. The third-order valence-corrected chi connectivity index (χ3v) is 3.49. The number of nitrogens with one attached hydrogen (secondary N) is 1. The van der Waals surface area contributed by atoms with Gasteiger partial charge in [-0.3, -0.25) is 4.90 Å². The Kier molecular flexibility index (Phi) is 5.08. The Hall–Kier alpha value is -1.00. The first kappa shape index (κ1) is 13.4. The van der Waals surface area contributed by atoms with Gasteiger partial charge >= 0.3 is 0 Å². The van der Waals surface area contributed by atoms with E-state index in [4.69, 9.17) is 0 Å². The predicted octanol–water partition coefficient (Wildman–Crippen LogP) is 1.75. The van der Waals surface area contributed by atoms with Crippen LogP contribution in [0.1, 0.15) is 37.7 Å². The van der Waals surface area contributed by atoms with Crippen molar-refractivity contribution in [3.63, 3.8) is 0 Å². The second-order valence-electron chi connectivity index (χ2n) is 5.10. The number of aromatic nitrogens is 2. The van der Waals surface area contributed by atoms with Gasteiger partial charge < -0.3 is 5.32 Å². The number of piperidine rings is 1. The molecule has 4 nitrogen and oxygen atoms in total. The second-order valence-corrected chi connectivity index (χ2v) is 5.10. The van der Waals surface area contributed by atoms with Crippen molar-refractivity contribution in [1.82, 2.24) is 20.2 Å². The summed E-state index contributed by atoms with van der Waals surface area (Å²) in [7, 11) is 0. The van der Waals surface area contributed by atoms with E-state index in [0.717, 1.165) is 24.6 Å². The van der Waals surface area contributed by atoms with Gasteiger partial charge in [0.1, 0.15) is 5.82 Å². The number of hydrogen-bond donors (Lipinski definition) is 1. The molecule has 0 amide bonds. The van der Waals surface area contributed by atoms with Crippen molar-refractivity contribution < 1.29 is 0 Å². The molecule has 1 N–H and O–H groups in total. The van der Waals surface area contributed by atoms with Crippen molar-refractivity contribution in [1.29, 1.82) is 0 Å². The molecule has 1 aliphatic heterocycles. The molecule has 0 saturated carbocycles. The predicted molar refractivity (Wildman–Crippen MR) is 73.4 cm³/mol. The molecule has 0 unspecified atom stereocenters. The molecule has 0 aliphatic carbocycles. The van der Waals surface area contributed by atoms with Crippen molar-refractivity contribution in [2.45, 2.75) is 45.7 Å². The van der Waals surface area contributed by atoms with E-state index >= 15 is 0 Å². The van der Waals surface area contributed by atoms with Crippen LogP contribution in [-0.2, 0) is 6.54 Å². The molecule has 2 rings (SSSR count). The van der Waals surface area contributed by atoms with Crippen molar-refractivity contribution in [3.8, 4) is 0 Å². The zero-order chi connectivity index (χ0) is 12.8. The molecular formula is C14H24N4. The van der Waals surface area contributed by atoms with Crippen LogP contribution in [0.4, 0.5) is 0 Å². The minimum atomic E-state index is 0.716. The highest BCUT2D eigenvalue weighted by molar-refractivity contribution is 5.01. The van der Waals surface area contributed by atoms with E-state index in [1.807, 2.05) is 19.2 Å². The maximum absolute atomic E-state index is 4.47. The molecule has 1 fully saturated rings. The topological polar surface area (TPSA) is 41.0 Å². The van der Waals surface area contributed by atoms with E-state index in [1.165, 1.54) is 32.4 Å².